The molecule has 0 fully saturated rings. The average Bonchev–Trinajstić information content (AvgIpc) is 2.13. The highest BCUT2D eigenvalue weighted by Crippen LogP contribution is 2.31. The molecule has 0 rings (SSSR count). The van der Waals surface area contributed by atoms with Crippen molar-refractivity contribution in [2.75, 3.05) is 0 Å². The number of hydrogen-bond donors (Lipinski definition) is 0. The van der Waals surface area contributed by atoms with Gasteiger partial charge in [-0.25, -0.2) is 13.2 Å². The molecule has 0 heterocycles. The lowest BCUT2D eigenvalue weighted by atomic mass is 10.0. The number of hydrogen-bond acceptors (Lipinski definition) is 2. The van der Waals surface area contributed by atoms with Gasteiger partial charge in [-0.2, -0.15) is 5.26 Å². The standard InChI is InChI=1S/C6H4Cl2F3NO/c7-3(1-12)4(9)6(8,2-13)5(10)11/h2-5H. The monoisotopic (exact) mass is 233 g/mol. The molecule has 0 aliphatic heterocycles. The Morgan fingerprint density at radius 3 is 2.15 bits per heavy atom. The van der Waals surface area contributed by atoms with Gasteiger partial charge in [0.15, 0.2) is 16.4 Å². The van der Waals surface area contributed by atoms with Crippen LogP contribution in [0.4, 0.5) is 13.2 Å². The average molecular weight is 234 g/mol. The summed E-state index contributed by atoms with van der Waals surface area (Å²) in [7, 11) is 0. The maximum atomic E-state index is 12.9. The zero-order valence-electron chi connectivity index (χ0n) is 6.05. The number of nitrogens with zero attached hydrogens (tertiary/aromatic N) is 1. The maximum absolute atomic E-state index is 12.9. The third kappa shape index (κ3) is 2.48. The highest BCUT2D eigenvalue weighted by molar-refractivity contribution is 6.34. The molecule has 0 bridgehead atoms. The van der Waals surface area contributed by atoms with E-state index in [-0.39, 0.29) is 0 Å². The number of rotatable bonds is 4. The molecule has 74 valence electrons. The van der Waals surface area contributed by atoms with E-state index in [0.29, 0.717) is 0 Å². The fourth-order valence-electron chi connectivity index (χ4n) is 0.527. The molecule has 0 aromatic carbocycles. The minimum absolute atomic E-state index is 0.448. The molecular weight excluding hydrogens is 230 g/mol. The van der Waals surface area contributed by atoms with Crippen molar-refractivity contribution in [3.05, 3.63) is 0 Å². The molecule has 3 unspecified atom stereocenters. The second-order valence-electron chi connectivity index (χ2n) is 2.18. The molecule has 0 saturated heterocycles. The van der Waals surface area contributed by atoms with Crippen molar-refractivity contribution >= 4 is 29.5 Å². The Morgan fingerprint density at radius 1 is 1.46 bits per heavy atom. The van der Waals surface area contributed by atoms with E-state index in [2.05, 4.69) is 0 Å². The molecule has 13 heavy (non-hydrogen) atoms. The third-order valence-electron chi connectivity index (χ3n) is 1.32. The van der Waals surface area contributed by atoms with Gasteiger partial charge in [0.1, 0.15) is 6.29 Å². The van der Waals surface area contributed by atoms with Crippen LogP contribution in [0.2, 0.25) is 0 Å². The van der Waals surface area contributed by atoms with Crippen LogP contribution in [0, 0.1) is 11.3 Å². The molecule has 0 aromatic heterocycles. The summed E-state index contributed by atoms with van der Waals surface area (Å²) in [5.41, 5.74) is 0. The molecular formula is C6H4Cl2F3NO. The lowest BCUT2D eigenvalue weighted by Gasteiger charge is -2.23. The van der Waals surface area contributed by atoms with Crippen LogP contribution in [-0.2, 0) is 4.79 Å². The summed E-state index contributed by atoms with van der Waals surface area (Å²) in [4.78, 5) is 7.07. The van der Waals surface area contributed by atoms with Gasteiger partial charge >= 0.3 is 0 Å². The summed E-state index contributed by atoms with van der Waals surface area (Å²) in [6.07, 6.45) is -6.48. The van der Waals surface area contributed by atoms with E-state index >= 15 is 0 Å². The Balaban J connectivity index is 4.78. The Morgan fingerprint density at radius 2 is 1.92 bits per heavy atom. The zero-order valence-corrected chi connectivity index (χ0v) is 7.57. The first-order chi connectivity index (χ1) is 5.90. The summed E-state index contributed by atoms with van der Waals surface area (Å²) in [5, 5.41) is 6.23. The molecule has 0 amide bonds. The molecule has 0 N–H and O–H groups in total. The fourth-order valence-corrected chi connectivity index (χ4v) is 0.925. The first kappa shape index (κ1) is 12.5. The van der Waals surface area contributed by atoms with Gasteiger partial charge in [0.2, 0.25) is 0 Å². The second kappa shape index (κ2) is 4.68. The topological polar surface area (TPSA) is 40.9 Å². The van der Waals surface area contributed by atoms with Crippen LogP contribution in [-0.4, -0.2) is 29.1 Å². The van der Waals surface area contributed by atoms with Crippen LogP contribution in [0.5, 0.6) is 0 Å². The molecule has 0 saturated carbocycles. The number of alkyl halides is 5. The zero-order chi connectivity index (χ0) is 10.6. The van der Waals surface area contributed by atoms with Gasteiger partial charge in [-0.15, -0.1) is 23.2 Å². The van der Waals surface area contributed by atoms with Crippen LogP contribution in [0.15, 0.2) is 0 Å². The lowest BCUT2D eigenvalue weighted by molar-refractivity contribution is -0.116. The van der Waals surface area contributed by atoms with E-state index < -0.39 is 29.1 Å². The minimum atomic E-state index is -3.42. The van der Waals surface area contributed by atoms with E-state index in [1.54, 1.807) is 0 Å². The number of halogens is 5. The number of carbonyl (C=O) groups is 1. The lowest BCUT2D eigenvalue weighted by Crippen LogP contribution is -2.46. The summed E-state index contributed by atoms with van der Waals surface area (Å²) < 4.78 is 37.0. The summed E-state index contributed by atoms with van der Waals surface area (Å²) >= 11 is 9.96. The normalized spacial score (nSPS) is 20.1. The highest BCUT2D eigenvalue weighted by Gasteiger charge is 2.49. The third-order valence-corrected chi connectivity index (χ3v) is 2.10. The van der Waals surface area contributed by atoms with Gasteiger partial charge in [0.25, 0.3) is 6.43 Å². The Hall–Kier alpha value is -0.470. The first-order valence-electron chi connectivity index (χ1n) is 3.01. The predicted octanol–water partition coefficient (Wildman–Crippen LogP) is 1.90. The largest absolute Gasteiger partial charge is 0.301 e. The molecule has 0 spiro atoms. The Labute approximate surface area is 82.2 Å². The number of carbonyl (C=O) groups excluding carboxylic acids is 1. The number of nitriles is 1. The first-order valence-corrected chi connectivity index (χ1v) is 3.82. The van der Waals surface area contributed by atoms with Crippen molar-refractivity contribution in [1.82, 2.24) is 0 Å². The predicted molar refractivity (Wildman–Crippen MR) is 40.8 cm³/mol. The van der Waals surface area contributed by atoms with Gasteiger partial charge in [-0.05, 0) is 0 Å². The maximum Gasteiger partial charge on any atom is 0.267 e. The SMILES string of the molecule is N#CC(Cl)C(F)C(Cl)(C=O)C(F)F. The second-order valence-corrected chi connectivity index (χ2v) is 3.30. The summed E-state index contributed by atoms with van der Waals surface area (Å²) in [6, 6.07) is 1.17. The van der Waals surface area contributed by atoms with Crippen molar-refractivity contribution in [2.45, 2.75) is 22.8 Å². The Bertz CT molecular complexity index is 232. The van der Waals surface area contributed by atoms with E-state index in [9.17, 15) is 18.0 Å². The van der Waals surface area contributed by atoms with Gasteiger partial charge in [-0.1, -0.05) is 0 Å². The molecule has 0 radical (unpaired) electrons. The van der Waals surface area contributed by atoms with Crippen LogP contribution in [0.3, 0.4) is 0 Å². The highest BCUT2D eigenvalue weighted by atomic mass is 35.5. The molecule has 2 nitrogen and oxygen atoms in total. The van der Waals surface area contributed by atoms with Crippen LogP contribution >= 0.6 is 23.2 Å². The van der Waals surface area contributed by atoms with E-state index in [1.165, 1.54) is 6.07 Å². The molecule has 7 heteroatoms. The van der Waals surface area contributed by atoms with Crippen molar-refractivity contribution < 1.29 is 18.0 Å². The van der Waals surface area contributed by atoms with Crippen molar-refractivity contribution in [3.63, 3.8) is 0 Å². The van der Waals surface area contributed by atoms with E-state index in [1.807, 2.05) is 0 Å². The Kier molecular flexibility index (Phi) is 4.51. The van der Waals surface area contributed by atoms with Gasteiger partial charge in [0.05, 0.1) is 6.07 Å². The minimum Gasteiger partial charge on any atom is -0.301 e. The van der Waals surface area contributed by atoms with E-state index in [4.69, 9.17) is 28.5 Å². The summed E-state index contributed by atoms with van der Waals surface area (Å²) in [6.45, 7) is 0. The van der Waals surface area contributed by atoms with Crippen LogP contribution < -0.4 is 0 Å². The van der Waals surface area contributed by atoms with Gasteiger partial charge in [0, 0.05) is 0 Å². The quantitative estimate of drug-likeness (QED) is 0.550. The van der Waals surface area contributed by atoms with Crippen LogP contribution in [0.1, 0.15) is 0 Å². The van der Waals surface area contributed by atoms with E-state index in [0.717, 1.165) is 0 Å². The molecule has 3 atom stereocenters. The fraction of sp³-hybridized carbons (Fsp3) is 0.667. The molecule has 0 aromatic rings. The molecule has 0 aliphatic carbocycles. The van der Waals surface area contributed by atoms with Crippen molar-refractivity contribution in [1.29, 1.82) is 5.26 Å². The van der Waals surface area contributed by atoms with Gasteiger partial charge < -0.3 is 4.79 Å². The van der Waals surface area contributed by atoms with Crippen molar-refractivity contribution in [2.24, 2.45) is 0 Å². The summed E-state index contributed by atoms with van der Waals surface area (Å²) in [5.74, 6) is 0. The number of aldehydes is 1. The van der Waals surface area contributed by atoms with Crippen molar-refractivity contribution in [3.8, 4) is 6.07 Å². The van der Waals surface area contributed by atoms with Gasteiger partial charge in [-0.3, -0.25) is 0 Å². The molecule has 0 aliphatic rings. The van der Waals surface area contributed by atoms with Crippen LogP contribution in [0.25, 0.3) is 0 Å². The smallest absolute Gasteiger partial charge is 0.267 e.